The average molecular weight is 318 g/mol. The van der Waals surface area contributed by atoms with Gasteiger partial charge >= 0.3 is 5.97 Å². The minimum Gasteiger partial charge on any atom is -0.464 e. The Morgan fingerprint density at radius 2 is 1.77 bits per heavy atom. The number of carbonyl (C=O) groups excluding carboxylic acids is 3. The number of methoxy groups -OCH3 is 1. The third-order valence-electron chi connectivity index (χ3n) is 2.58. The second-order valence-electron chi connectivity index (χ2n) is 4.58. The van der Waals surface area contributed by atoms with Crippen LogP contribution in [0.4, 0.5) is 0 Å². The van der Waals surface area contributed by atoms with Crippen LogP contribution in [-0.4, -0.2) is 63.9 Å². The Labute approximate surface area is 130 Å². The summed E-state index contributed by atoms with van der Waals surface area (Å²) in [5, 5.41) is 5.09. The van der Waals surface area contributed by atoms with Gasteiger partial charge in [-0.1, -0.05) is 0 Å². The summed E-state index contributed by atoms with van der Waals surface area (Å²) >= 11 is 0. The first-order chi connectivity index (χ1) is 10.5. The molecule has 2 N–H and O–H groups in total. The van der Waals surface area contributed by atoms with E-state index in [0.717, 1.165) is 12.8 Å². The Morgan fingerprint density at radius 3 is 2.41 bits per heavy atom. The van der Waals surface area contributed by atoms with Gasteiger partial charge in [-0.05, 0) is 26.7 Å². The van der Waals surface area contributed by atoms with Gasteiger partial charge in [0.15, 0.2) is 0 Å². The van der Waals surface area contributed by atoms with E-state index >= 15 is 0 Å². The molecular formula is C14H26N2O6. The summed E-state index contributed by atoms with van der Waals surface area (Å²) in [7, 11) is 1.63. The van der Waals surface area contributed by atoms with Crippen LogP contribution >= 0.6 is 0 Å². The number of rotatable bonds is 12. The molecule has 0 spiro atoms. The van der Waals surface area contributed by atoms with Crippen molar-refractivity contribution in [2.24, 2.45) is 0 Å². The number of nitrogens with one attached hydrogen (secondary N) is 2. The lowest BCUT2D eigenvalue weighted by molar-refractivity contribution is -0.147. The van der Waals surface area contributed by atoms with Crippen LogP contribution in [0.3, 0.4) is 0 Å². The number of unbranched alkanes of at least 4 members (excludes halogenated alkanes) is 1. The average Bonchev–Trinajstić information content (AvgIpc) is 2.47. The van der Waals surface area contributed by atoms with Crippen molar-refractivity contribution in [3.63, 3.8) is 0 Å². The van der Waals surface area contributed by atoms with Crippen LogP contribution in [0.5, 0.6) is 0 Å². The van der Waals surface area contributed by atoms with Crippen molar-refractivity contribution in [3.8, 4) is 0 Å². The molecule has 0 aliphatic carbocycles. The molecule has 8 heteroatoms. The van der Waals surface area contributed by atoms with E-state index in [1.54, 1.807) is 14.0 Å². The molecule has 128 valence electrons. The minimum absolute atomic E-state index is 0.203. The zero-order chi connectivity index (χ0) is 16.8. The van der Waals surface area contributed by atoms with Crippen LogP contribution < -0.4 is 10.6 Å². The van der Waals surface area contributed by atoms with Gasteiger partial charge in [0.05, 0.1) is 6.61 Å². The van der Waals surface area contributed by atoms with Crippen LogP contribution in [-0.2, 0) is 28.6 Å². The van der Waals surface area contributed by atoms with Crippen molar-refractivity contribution in [2.75, 3.05) is 40.1 Å². The molecule has 0 unspecified atom stereocenters. The molecule has 2 amide bonds. The Bertz CT molecular complexity index is 348. The lowest BCUT2D eigenvalue weighted by Crippen LogP contribution is -2.41. The smallest absolute Gasteiger partial charge is 0.328 e. The van der Waals surface area contributed by atoms with Crippen LogP contribution in [0.1, 0.15) is 26.7 Å². The summed E-state index contributed by atoms with van der Waals surface area (Å²) in [6.07, 6.45) is 1.68. The highest BCUT2D eigenvalue weighted by molar-refractivity contribution is 5.85. The summed E-state index contributed by atoms with van der Waals surface area (Å²) in [4.78, 5) is 34.2. The summed E-state index contributed by atoms with van der Waals surface area (Å²) in [5.74, 6) is -1.28. The number of carbonyl (C=O) groups is 3. The Balaban J connectivity index is 3.66. The third kappa shape index (κ3) is 11.0. The minimum atomic E-state index is -0.745. The van der Waals surface area contributed by atoms with Gasteiger partial charge in [0.1, 0.15) is 19.3 Å². The molecule has 8 nitrogen and oxygen atoms in total. The van der Waals surface area contributed by atoms with E-state index in [1.165, 1.54) is 6.92 Å². The van der Waals surface area contributed by atoms with Crippen LogP contribution in [0.15, 0.2) is 0 Å². The van der Waals surface area contributed by atoms with Crippen molar-refractivity contribution in [3.05, 3.63) is 0 Å². The summed E-state index contributed by atoms with van der Waals surface area (Å²) in [6.45, 7) is 4.15. The van der Waals surface area contributed by atoms with E-state index in [1.807, 2.05) is 0 Å². The molecule has 0 aromatic rings. The first-order valence-electron chi connectivity index (χ1n) is 7.30. The van der Waals surface area contributed by atoms with Crippen molar-refractivity contribution in [2.45, 2.75) is 32.7 Å². The largest absolute Gasteiger partial charge is 0.464 e. The van der Waals surface area contributed by atoms with Gasteiger partial charge in [-0.15, -0.1) is 0 Å². The lowest BCUT2D eigenvalue weighted by Gasteiger charge is -2.12. The molecule has 0 radical (unpaired) electrons. The number of ether oxygens (including phenoxy) is 3. The maximum atomic E-state index is 11.5. The van der Waals surface area contributed by atoms with E-state index in [2.05, 4.69) is 10.6 Å². The summed E-state index contributed by atoms with van der Waals surface area (Å²) < 4.78 is 14.6. The number of hydrogen-bond acceptors (Lipinski definition) is 6. The molecule has 0 aromatic heterocycles. The van der Waals surface area contributed by atoms with E-state index in [0.29, 0.717) is 13.2 Å². The molecule has 0 aliphatic rings. The highest BCUT2D eigenvalue weighted by atomic mass is 16.5. The van der Waals surface area contributed by atoms with Crippen LogP contribution in [0, 0.1) is 0 Å². The number of amides is 2. The zero-order valence-electron chi connectivity index (χ0n) is 13.5. The maximum Gasteiger partial charge on any atom is 0.328 e. The fourth-order valence-electron chi connectivity index (χ4n) is 1.50. The highest BCUT2D eigenvalue weighted by Gasteiger charge is 2.16. The molecule has 1 atom stereocenters. The highest BCUT2D eigenvalue weighted by Crippen LogP contribution is 1.89. The van der Waals surface area contributed by atoms with E-state index in [9.17, 15) is 14.4 Å². The van der Waals surface area contributed by atoms with Crippen molar-refractivity contribution in [1.29, 1.82) is 0 Å². The molecule has 0 saturated heterocycles. The standard InChI is InChI=1S/C14H26N2O6/c1-4-22-14(19)11(2)16-13(18)10-21-9-12(17)15-7-5-6-8-20-3/h11H,4-10H2,1-3H3,(H,15,17)(H,16,18)/t11-/m0/s1. The molecule has 0 aromatic carbocycles. The fourth-order valence-corrected chi connectivity index (χ4v) is 1.50. The van der Waals surface area contributed by atoms with Crippen molar-refractivity contribution in [1.82, 2.24) is 10.6 Å². The monoisotopic (exact) mass is 318 g/mol. The topological polar surface area (TPSA) is 103 Å². The lowest BCUT2D eigenvalue weighted by atomic mass is 10.3. The van der Waals surface area contributed by atoms with E-state index < -0.39 is 17.9 Å². The second kappa shape index (κ2) is 13.0. The van der Waals surface area contributed by atoms with Crippen molar-refractivity contribution < 1.29 is 28.6 Å². The molecule has 0 saturated carbocycles. The van der Waals surface area contributed by atoms with Crippen LogP contribution in [0.25, 0.3) is 0 Å². The maximum absolute atomic E-state index is 11.5. The van der Waals surface area contributed by atoms with Crippen molar-refractivity contribution >= 4 is 17.8 Å². The Morgan fingerprint density at radius 1 is 1.09 bits per heavy atom. The predicted octanol–water partition coefficient (Wildman–Crippen LogP) is -0.386. The van der Waals surface area contributed by atoms with Gasteiger partial charge in [0, 0.05) is 20.3 Å². The first-order valence-corrected chi connectivity index (χ1v) is 7.30. The van der Waals surface area contributed by atoms with Gasteiger partial charge in [-0.25, -0.2) is 4.79 Å². The fraction of sp³-hybridized carbons (Fsp3) is 0.786. The van der Waals surface area contributed by atoms with Gasteiger partial charge in [0.2, 0.25) is 11.8 Å². The molecular weight excluding hydrogens is 292 g/mol. The second-order valence-corrected chi connectivity index (χ2v) is 4.58. The molecule has 0 rings (SSSR count). The van der Waals surface area contributed by atoms with E-state index in [4.69, 9.17) is 14.2 Å². The Kier molecular flexibility index (Phi) is 12.0. The molecule has 0 heterocycles. The molecule has 0 fully saturated rings. The van der Waals surface area contributed by atoms with Gasteiger partial charge in [-0.2, -0.15) is 0 Å². The van der Waals surface area contributed by atoms with Gasteiger partial charge in [-0.3, -0.25) is 9.59 Å². The summed E-state index contributed by atoms with van der Waals surface area (Å²) in [5.41, 5.74) is 0. The third-order valence-corrected chi connectivity index (χ3v) is 2.58. The quantitative estimate of drug-likeness (QED) is 0.375. The van der Waals surface area contributed by atoms with Gasteiger partial charge < -0.3 is 24.8 Å². The predicted molar refractivity (Wildman–Crippen MR) is 79.2 cm³/mol. The van der Waals surface area contributed by atoms with Gasteiger partial charge in [0.25, 0.3) is 0 Å². The normalized spacial score (nSPS) is 11.6. The molecule has 0 aliphatic heterocycles. The zero-order valence-corrected chi connectivity index (χ0v) is 13.5. The SMILES string of the molecule is CCOC(=O)[C@H](C)NC(=O)COCC(=O)NCCCCOC. The van der Waals surface area contributed by atoms with Crippen LogP contribution in [0.2, 0.25) is 0 Å². The number of esters is 1. The van der Waals surface area contributed by atoms with E-state index in [-0.39, 0.29) is 25.7 Å². The first kappa shape index (κ1) is 20.3. The Hall–Kier alpha value is -1.67. The summed E-state index contributed by atoms with van der Waals surface area (Å²) in [6, 6.07) is -0.745. The number of hydrogen-bond donors (Lipinski definition) is 2. The molecule has 22 heavy (non-hydrogen) atoms. The molecule has 0 bridgehead atoms.